The lowest BCUT2D eigenvalue weighted by atomic mass is 9.95. The number of nitrogens with zero attached hydrogens (tertiary/aromatic N) is 2. The Bertz CT molecular complexity index is 1020. The van der Waals surface area contributed by atoms with E-state index in [2.05, 4.69) is 15.3 Å². The summed E-state index contributed by atoms with van der Waals surface area (Å²) in [6.07, 6.45) is 7.19. The number of carbonyl (C=O) groups excluding carboxylic acids is 1. The van der Waals surface area contributed by atoms with Crippen molar-refractivity contribution >= 4 is 5.91 Å². The van der Waals surface area contributed by atoms with E-state index in [1.165, 1.54) is 25.6 Å². The lowest BCUT2D eigenvalue weighted by molar-refractivity contribution is 0.0927. The van der Waals surface area contributed by atoms with E-state index in [1.807, 2.05) is 48.5 Å². The first kappa shape index (κ1) is 19.9. The third-order valence-electron chi connectivity index (χ3n) is 5.29. The lowest BCUT2D eigenvalue weighted by Crippen LogP contribution is -2.36. The molecule has 1 saturated carbocycles. The first-order valence-electron chi connectivity index (χ1n) is 10.3. The number of rotatable bonds is 6. The first-order valence-corrected chi connectivity index (χ1v) is 10.3. The Morgan fingerprint density at radius 3 is 2.57 bits per heavy atom. The van der Waals surface area contributed by atoms with Crippen molar-refractivity contribution in [2.24, 2.45) is 0 Å². The third-order valence-corrected chi connectivity index (χ3v) is 5.29. The molecule has 4 rings (SSSR count). The fourth-order valence-corrected chi connectivity index (χ4v) is 3.70. The van der Waals surface area contributed by atoms with Crippen LogP contribution in [0.1, 0.15) is 42.5 Å². The van der Waals surface area contributed by atoms with Crippen LogP contribution in [0.4, 0.5) is 0 Å². The van der Waals surface area contributed by atoms with Crippen molar-refractivity contribution < 1.29 is 14.3 Å². The Kier molecular flexibility index (Phi) is 6.23. The van der Waals surface area contributed by atoms with Crippen molar-refractivity contribution in [1.82, 2.24) is 15.3 Å². The molecule has 0 radical (unpaired) electrons. The minimum atomic E-state index is -0.0386. The van der Waals surface area contributed by atoms with Crippen LogP contribution in [0.2, 0.25) is 0 Å². The van der Waals surface area contributed by atoms with E-state index < -0.39 is 0 Å². The van der Waals surface area contributed by atoms with Crippen LogP contribution < -0.4 is 14.8 Å². The lowest BCUT2D eigenvalue weighted by Gasteiger charge is -2.22. The number of benzene rings is 2. The molecule has 1 heterocycles. The predicted molar refractivity (Wildman–Crippen MR) is 115 cm³/mol. The molecule has 1 fully saturated rings. The SMILES string of the molecule is COc1ccccc1Oc1cc(-c2cccc(C(=O)NC3CCCCC3)c2)ncn1. The van der Waals surface area contributed by atoms with Gasteiger partial charge < -0.3 is 14.8 Å². The number of aromatic nitrogens is 2. The molecule has 6 nitrogen and oxygen atoms in total. The largest absolute Gasteiger partial charge is 0.493 e. The molecule has 6 heteroatoms. The van der Waals surface area contributed by atoms with Gasteiger partial charge in [-0.15, -0.1) is 0 Å². The van der Waals surface area contributed by atoms with E-state index in [0.717, 1.165) is 18.4 Å². The average molecular weight is 403 g/mol. The summed E-state index contributed by atoms with van der Waals surface area (Å²) in [6.45, 7) is 0. The molecule has 154 valence electrons. The van der Waals surface area contributed by atoms with E-state index in [0.29, 0.717) is 28.6 Å². The van der Waals surface area contributed by atoms with Gasteiger partial charge in [0.05, 0.1) is 12.8 Å². The van der Waals surface area contributed by atoms with Crippen molar-refractivity contribution in [3.8, 4) is 28.6 Å². The third kappa shape index (κ3) is 4.76. The number of para-hydroxylation sites is 2. The van der Waals surface area contributed by atoms with Gasteiger partial charge in [0.1, 0.15) is 6.33 Å². The van der Waals surface area contributed by atoms with Gasteiger partial charge in [-0.05, 0) is 37.1 Å². The molecule has 0 saturated heterocycles. The van der Waals surface area contributed by atoms with E-state index in [9.17, 15) is 4.79 Å². The molecule has 2 aromatic carbocycles. The van der Waals surface area contributed by atoms with Gasteiger partial charge in [0, 0.05) is 23.2 Å². The molecule has 0 bridgehead atoms. The van der Waals surface area contributed by atoms with Crippen LogP contribution in [0.5, 0.6) is 17.4 Å². The van der Waals surface area contributed by atoms with Gasteiger partial charge in [0.15, 0.2) is 11.5 Å². The van der Waals surface area contributed by atoms with Crippen LogP contribution in [0.15, 0.2) is 60.9 Å². The summed E-state index contributed by atoms with van der Waals surface area (Å²) in [5, 5.41) is 3.16. The summed E-state index contributed by atoms with van der Waals surface area (Å²) in [7, 11) is 1.59. The molecule has 1 aliphatic carbocycles. The molecule has 30 heavy (non-hydrogen) atoms. The Balaban J connectivity index is 1.52. The highest BCUT2D eigenvalue weighted by molar-refractivity contribution is 5.95. The second kappa shape index (κ2) is 9.39. The molecule has 0 spiro atoms. The van der Waals surface area contributed by atoms with Crippen LogP contribution in [-0.2, 0) is 0 Å². The summed E-state index contributed by atoms with van der Waals surface area (Å²) in [5.74, 6) is 1.56. The molecular formula is C24H25N3O3. The Morgan fingerprint density at radius 1 is 0.967 bits per heavy atom. The zero-order valence-corrected chi connectivity index (χ0v) is 17.0. The van der Waals surface area contributed by atoms with E-state index in [4.69, 9.17) is 9.47 Å². The average Bonchev–Trinajstić information content (AvgIpc) is 2.80. The fraction of sp³-hybridized carbons (Fsp3) is 0.292. The summed E-state index contributed by atoms with van der Waals surface area (Å²) in [5.41, 5.74) is 2.14. The molecule has 3 aromatic rings. The van der Waals surface area contributed by atoms with Crippen molar-refractivity contribution in [1.29, 1.82) is 0 Å². The molecule has 1 N–H and O–H groups in total. The van der Waals surface area contributed by atoms with E-state index in [1.54, 1.807) is 13.2 Å². The van der Waals surface area contributed by atoms with Crippen LogP contribution in [0, 0.1) is 0 Å². The number of carbonyl (C=O) groups is 1. The monoisotopic (exact) mass is 403 g/mol. The van der Waals surface area contributed by atoms with Gasteiger partial charge in [-0.25, -0.2) is 9.97 Å². The summed E-state index contributed by atoms with van der Waals surface area (Å²) < 4.78 is 11.2. The van der Waals surface area contributed by atoms with Crippen LogP contribution in [0.25, 0.3) is 11.3 Å². The number of amides is 1. The van der Waals surface area contributed by atoms with Crippen LogP contribution in [-0.4, -0.2) is 29.0 Å². The molecule has 1 aliphatic rings. The molecular weight excluding hydrogens is 378 g/mol. The van der Waals surface area contributed by atoms with Crippen molar-refractivity contribution in [2.75, 3.05) is 7.11 Å². The molecule has 1 amide bonds. The van der Waals surface area contributed by atoms with Crippen LogP contribution >= 0.6 is 0 Å². The smallest absolute Gasteiger partial charge is 0.251 e. The minimum absolute atomic E-state index is 0.0386. The second-order valence-electron chi connectivity index (χ2n) is 7.38. The topological polar surface area (TPSA) is 73.3 Å². The molecule has 0 atom stereocenters. The quantitative estimate of drug-likeness (QED) is 0.626. The standard InChI is InChI=1S/C24H25N3O3/c1-29-21-12-5-6-13-22(21)30-23-15-20(25-16-26-23)17-8-7-9-18(14-17)24(28)27-19-10-3-2-4-11-19/h5-9,12-16,19H,2-4,10-11H2,1H3,(H,27,28). The minimum Gasteiger partial charge on any atom is -0.493 e. The number of methoxy groups -OCH3 is 1. The van der Waals surface area contributed by atoms with Gasteiger partial charge in [-0.1, -0.05) is 43.5 Å². The van der Waals surface area contributed by atoms with Crippen molar-refractivity contribution in [3.05, 3.63) is 66.5 Å². The second-order valence-corrected chi connectivity index (χ2v) is 7.38. The highest BCUT2D eigenvalue weighted by Gasteiger charge is 2.17. The normalized spacial score (nSPS) is 14.2. The van der Waals surface area contributed by atoms with Gasteiger partial charge in [0.2, 0.25) is 5.88 Å². The maximum Gasteiger partial charge on any atom is 0.251 e. The predicted octanol–water partition coefficient (Wildman–Crippen LogP) is 5.01. The molecule has 0 unspecified atom stereocenters. The molecule has 1 aromatic heterocycles. The fourth-order valence-electron chi connectivity index (χ4n) is 3.70. The zero-order chi connectivity index (χ0) is 20.8. The highest BCUT2D eigenvalue weighted by atomic mass is 16.5. The number of hydrogen-bond acceptors (Lipinski definition) is 5. The van der Waals surface area contributed by atoms with Crippen molar-refractivity contribution in [3.63, 3.8) is 0 Å². The Labute approximate surface area is 176 Å². The maximum atomic E-state index is 12.7. The molecule has 0 aliphatic heterocycles. The number of ether oxygens (including phenoxy) is 2. The van der Waals surface area contributed by atoms with Gasteiger partial charge in [-0.3, -0.25) is 4.79 Å². The van der Waals surface area contributed by atoms with Gasteiger partial charge >= 0.3 is 0 Å². The van der Waals surface area contributed by atoms with E-state index in [-0.39, 0.29) is 11.9 Å². The van der Waals surface area contributed by atoms with Crippen molar-refractivity contribution in [2.45, 2.75) is 38.1 Å². The van der Waals surface area contributed by atoms with E-state index >= 15 is 0 Å². The summed E-state index contributed by atoms with van der Waals surface area (Å²) >= 11 is 0. The Hall–Kier alpha value is -3.41. The summed E-state index contributed by atoms with van der Waals surface area (Å²) in [4.78, 5) is 21.3. The first-order chi connectivity index (χ1) is 14.7. The van der Waals surface area contributed by atoms with Crippen LogP contribution in [0.3, 0.4) is 0 Å². The summed E-state index contributed by atoms with van der Waals surface area (Å²) in [6, 6.07) is 16.9. The number of hydrogen-bond donors (Lipinski definition) is 1. The highest BCUT2D eigenvalue weighted by Crippen LogP contribution is 2.31. The maximum absolute atomic E-state index is 12.7. The van der Waals surface area contributed by atoms with Gasteiger partial charge in [-0.2, -0.15) is 0 Å². The number of nitrogens with one attached hydrogen (secondary N) is 1. The van der Waals surface area contributed by atoms with Gasteiger partial charge in [0.25, 0.3) is 5.91 Å². The zero-order valence-electron chi connectivity index (χ0n) is 17.0. The Morgan fingerprint density at radius 2 is 1.77 bits per heavy atom.